The molecule has 0 bridgehead atoms. The lowest BCUT2D eigenvalue weighted by atomic mass is 10.2. The van der Waals surface area contributed by atoms with Gasteiger partial charge in [0.05, 0.1) is 7.11 Å². The molecule has 0 amide bonds. The highest BCUT2D eigenvalue weighted by molar-refractivity contribution is 5.48. The molecule has 2 aromatic rings. The second-order valence-corrected chi connectivity index (χ2v) is 4.15. The van der Waals surface area contributed by atoms with Crippen molar-refractivity contribution >= 4 is 6.08 Å². The second kappa shape index (κ2) is 6.00. The molecule has 0 aliphatic heterocycles. The van der Waals surface area contributed by atoms with Gasteiger partial charge in [0.1, 0.15) is 0 Å². The van der Waals surface area contributed by atoms with Crippen LogP contribution in [0.4, 0.5) is 0 Å². The summed E-state index contributed by atoms with van der Waals surface area (Å²) in [7, 11) is 1.51. The Morgan fingerprint density at radius 1 is 1.32 bits per heavy atom. The number of ether oxygens (including phenoxy) is 1. The Morgan fingerprint density at radius 2 is 2.05 bits per heavy atom. The Labute approximate surface area is 112 Å². The van der Waals surface area contributed by atoms with E-state index in [-0.39, 0.29) is 5.56 Å². The normalized spacial score (nSPS) is 10.8. The highest BCUT2D eigenvalue weighted by atomic mass is 16.5. The Bertz CT molecular complexity index is 630. The van der Waals surface area contributed by atoms with E-state index in [1.165, 1.54) is 17.7 Å². The van der Waals surface area contributed by atoms with Crippen molar-refractivity contribution in [1.82, 2.24) is 9.55 Å². The minimum absolute atomic E-state index is 0.109. The maximum Gasteiger partial charge on any atom is 0.299 e. The molecule has 0 aliphatic carbocycles. The highest BCUT2D eigenvalue weighted by Gasteiger charge is 2.05. The van der Waals surface area contributed by atoms with Crippen molar-refractivity contribution in [2.24, 2.45) is 0 Å². The molecule has 4 nitrogen and oxygen atoms in total. The predicted octanol–water partition coefficient (Wildman–Crippen LogP) is 2.27. The van der Waals surface area contributed by atoms with Gasteiger partial charge in [-0.05, 0) is 12.5 Å². The molecular weight excluding hydrogens is 240 g/mol. The minimum atomic E-state index is -0.109. The zero-order chi connectivity index (χ0) is 13.7. The van der Waals surface area contributed by atoms with Gasteiger partial charge in [0.15, 0.2) is 0 Å². The van der Waals surface area contributed by atoms with Gasteiger partial charge < -0.3 is 4.74 Å². The van der Waals surface area contributed by atoms with Crippen LogP contribution in [0.1, 0.15) is 11.3 Å². The van der Waals surface area contributed by atoms with E-state index in [9.17, 15) is 4.79 Å². The summed E-state index contributed by atoms with van der Waals surface area (Å²) in [4.78, 5) is 16.1. The number of methoxy groups -OCH3 is 1. The number of hydrogen-bond acceptors (Lipinski definition) is 3. The zero-order valence-corrected chi connectivity index (χ0v) is 11.0. The Hall–Kier alpha value is -2.36. The zero-order valence-electron chi connectivity index (χ0n) is 11.0. The fourth-order valence-corrected chi connectivity index (χ4v) is 1.78. The SMILES string of the molecule is COc1nc(C)cc(=O)n1CC=Cc1ccccc1. The van der Waals surface area contributed by atoms with Crippen LogP contribution < -0.4 is 10.3 Å². The molecule has 1 aromatic carbocycles. The molecule has 0 saturated heterocycles. The van der Waals surface area contributed by atoms with E-state index in [1.807, 2.05) is 42.5 Å². The molecule has 0 fully saturated rings. The number of rotatable bonds is 4. The summed E-state index contributed by atoms with van der Waals surface area (Å²) in [6.45, 7) is 2.21. The molecular formula is C15H16N2O2. The number of aryl methyl sites for hydroxylation is 1. The Kier molecular flexibility index (Phi) is 4.13. The van der Waals surface area contributed by atoms with Gasteiger partial charge in [0.25, 0.3) is 11.6 Å². The molecule has 1 heterocycles. The monoisotopic (exact) mass is 256 g/mol. The minimum Gasteiger partial charge on any atom is -0.468 e. The van der Waals surface area contributed by atoms with Crippen LogP contribution in [0.15, 0.2) is 47.3 Å². The summed E-state index contributed by atoms with van der Waals surface area (Å²) in [6, 6.07) is 11.8. The van der Waals surface area contributed by atoms with Crippen molar-refractivity contribution in [3.8, 4) is 6.01 Å². The van der Waals surface area contributed by atoms with E-state index in [0.29, 0.717) is 18.2 Å². The van der Waals surface area contributed by atoms with Crippen LogP contribution >= 0.6 is 0 Å². The average Bonchev–Trinajstić information content (AvgIpc) is 2.42. The summed E-state index contributed by atoms with van der Waals surface area (Å²) in [5.74, 6) is 0. The largest absolute Gasteiger partial charge is 0.468 e. The summed E-state index contributed by atoms with van der Waals surface area (Å²) < 4.78 is 6.62. The summed E-state index contributed by atoms with van der Waals surface area (Å²) in [6.07, 6.45) is 3.88. The predicted molar refractivity (Wildman–Crippen MR) is 75.3 cm³/mol. The van der Waals surface area contributed by atoms with Gasteiger partial charge in [0, 0.05) is 18.3 Å². The maximum atomic E-state index is 11.9. The van der Waals surface area contributed by atoms with E-state index < -0.39 is 0 Å². The number of hydrogen-bond donors (Lipinski definition) is 0. The maximum absolute atomic E-state index is 11.9. The van der Waals surface area contributed by atoms with Gasteiger partial charge in [-0.2, -0.15) is 0 Å². The van der Waals surface area contributed by atoms with Crippen molar-refractivity contribution in [2.45, 2.75) is 13.5 Å². The van der Waals surface area contributed by atoms with E-state index in [0.717, 1.165) is 5.56 Å². The molecule has 1 aromatic heterocycles. The fourth-order valence-electron chi connectivity index (χ4n) is 1.78. The van der Waals surface area contributed by atoms with Crippen molar-refractivity contribution in [2.75, 3.05) is 7.11 Å². The van der Waals surface area contributed by atoms with Crippen LogP contribution in [0.3, 0.4) is 0 Å². The smallest absolute Gasteiger partial charge is 0.299 e. The topological polar surface area (TPSA) is 44.1 Å². The molecule has 2 rings (SSSR count). The van der Waals surface area contributed by atoms with E-state index in [4.69, 9.17) is 4.74 Å². The molecule has 0 unspecified atom stereocenters. The molecule has 4 heteroatoms. The third-order valence-corrected chi connectivity index (χ3v) is 2.68. The lowest BCUT2D eigenvalue weighted by Crippen LogP contribution is -2.22. The molecule has 0 aliphatic rings. The standard InChI is InChI=1S/C15H16N2O2/c1-12-11-14(18)17(15(16-12)19-2)10-6-9-13-7-4-3-5-8-13/h3-9,11H,10H2,1-2H3. The van der Waals surface area contributed by atoms with Gasteiger partial charge in [-0.25, -0.2) is 4.98 Å². The Morgan fingerprint density at radius 3 is 2.74 bits per heavy atom. The lowest BCUT2D eigenvalue weighted by Gasteiger charge is -2.08. The van der Waals surface area contributed by atoms with Crippen molar-refractivity contribution in [3.05, 3.63) is 64.1 Å². The first-order valence-corrected chi connectivity index (χ1v) is 6.05. The van der Waals surface area contributed by atoms with Crippen LogP contribution in [0, 0.1) is 6.92 Å². The second-order valence-electron chi connectivity index (χ2n) is 4.15. The third kappa shape index (κ3) is 3.31. The number of allylic oxidation sites excluding steroid dienone is 1. The van der Waals surface area contributed by atoms with Crippen LogP contribution in [-0.4, -0.2) is 16.7 Å². The summed E-state index contributed by atoms with van der Waals surface area (Å²) in [5.41, 5.74) is 1.64. The van der Waals surface area contributed by atoms with E-state index in [2.05, 4.69) is 4.98 Å². The van der Waals surface area contributed by atoms with Crippen molar-refractivity contribution in [3.63, 3.8) is 0 Å². The quantitative estimate of drug-likeness (QED) is 0.843. The molecule has 0 spiro atoms. The highest BCUT2D eigenvalue weighted by Crippen LogP contribution is 2.06. The molecule has 0 saturated carbocycles. The van der Waals surface area contributed by atoms with Crippen LogP contribution in [0.25, 0.3) is 6.08 Å². The van der Waals surface area contributed by atoms with E-state index in [1.54, 1.807) is 6.92 Å². The van der Waals surface area contributed by atoms with Crippen molar-refractivity contribution < 1.29 is 4.74 Å². The van der Waals surface area contributed by atoms with Gasteiger partial charge in [-0.15, -0.1) is 0 Å². The molecule has 98 valence electrons. The van der Waals surface area contributed by atoms with Gasteiger partial charge >= 0.3 is 0 Å². The first-order chi connectivity index (χ1) is 9.20. The Balaban J connectivity index is 2.20. The van der Waals surface area contributed by atoms with Gasteiger partial charge in [-0.3, -0.25) is 9.36 Å². The van der Waals surface area contributed by atoms with Crippen LogP contribution in [0.2, 0.25) is 0 Å². The first kappa shape index (κ1) is 13.1. The molecule has 0 radical (unpaired) electrons. The number of aromatic nitrogens is 2. The number of benzene rings is 1. The summed E-state index contributed by atoms with van der Waals surface area (Å²) >= 11 is 0. The lowest BCUT2D eigenvalue weighted by molar-refractivity contribution is 0.351. The fraction of sp³-hybridized carbons (Fsp3) is 0.200. The van der Waals surface area contributed by atoms with Crippen molar-refractivity contribution in [1.29, 1.82) is 0 Å². The molecule has 19 heavy (non-hydrogen) atoms. The summed E-state index contributed by atoms with van der Waals surface area (Å²) in [5, 5.41) is 0. The average molecular weight is 256 g/mol. The van der Waals surface area contributed by atoms with Gasteiger partial charge in [0.2, 0.25) is 0 Å². The van der Waals surface area contributed by atoms with E-state index >= 15 is 0 Å². The van der Waals surface area contributed by atoms with Gasteiger partial charge in [-0.1, -0.05) is 42.5 Å². The molecule has 0 atom stereocenters. The van der Waals surface area contributed by atoms with Crippen LogP contribution in [0.5, 0.6) is 6.01 Å². The molecule has 0 N–H and O–H groups in total. The van der Waals surface area contributed by atoms with Crippen LogP contribution in [-0.2, 0) is 6.54 Å². The third-order valence-electron chi connectivity index (χ3n) is 2.68. The number of nitrogens with zero attached hydrogens (tertiary/aromatic N) is 2. The first-order valence-electron chi connectivity index (χ1n) is 6.05.